The number of nitrogens with zero attached hydrogens (tertiary/aromatic N) is 1. The smallest absolute Gasteiger partial charge is 0.258 e. The number of hydrogen-bond acceptors (Lipinski definition) is 5. The summed E-state index contributed by atoms with van der Waals surface area (Å²) in [4.78, 5) is 11.1. The Bertz CT molecular complexity index is 893. The van der Waals surface area contributed by atoms with Gasteiger partial charge in [-0.05, 0) is 42.5 Å². The number of thioether (sulfide) groups is 1. The van der Waals surface area contributed by atoms with Gasteiger partial charge in [0.1, 0.15) is 4.90 Å². The van der Waals surface area contributed by atoms with E-state index in [0.29, 0.717) is 4.90 Å². The van der Waals surface area contributed by atoms with Crippen molar-refractivity contribution in [3.8, 4) is 0 Å². The van der Waals surface area contributed by atoms with E-state index in [1.807, 2.05) is 12.1 Å². The van der Waals surface area contributed by atoms with Gasteiger partial charge in [-0.2, -0.15) is 0 Å². The van der Waals surface area contributed by atoms with Crippen LogP contribution in [0.15, 0.2) is 52.3 Å². The molecule has 5 nitrogen and oxygen atoms in total. The maximum absolute atomic E-state index is 11.9. The highest BCUT2D eigenvalue weighted by molar-refractivity contribution is 7.99. The third kappa shape index (κ3) is 3.32. The van der Waals surface area contributed by atoms with E-state index >= 15 is 0 Å². The van der Waals surface area contributed by atoms with Crippen LogP contribution in [0, 0.1) is 10.1 Å². The van der Waals surface area contributed by atoms with Gasteiger partial charge in [0.15, 0.2) is 9.84 Å². The normalized spacial score (nSPS) is 17.3. The Balaban J connectivity index is 2.05. The van der Waals surface area contributed by atoms with Crippen LogP contribution in [0.2, 0.25) is 0 Å². The number of hydrogen-bond donors (Lipinski definition) is 0. The van der Waals surface area contributed by atoms with Gasteiger partial charge >= 0.3 is 5.69 Å². The van der Waals surface area contributed by atoms with E-state index in [1.165, 1.54) is 29.0 Å². The molecule has 0 aromatic heterocycles. The van der Waals surface area contributed by atoms with Gasteiger partial charge in [0, 0.05) is 11.5 Å². The first-order valence-electron chi connectivity index (χ1n) is 7.60. The molecule has 0 spiro atoms. The van der Waals surface area contributed by atoms with Gasteiger partial charge in [-0.15, -0.1) is 11.8 Å². The van der Waals surface area contributed by atoms with Crippen molar-refractivity contribution in [1.29, 1.82) is 0 Å². The Hall–Kier alpha value is -1.86. The molecular weight excluding hydrogens is 346 g/mol. The molecule has 2 aromatic carbocycles. The summed E-state index contributed by atoms with van der Waals surface area (Å²) in [5.74, 6) is 0. The zero-order valence-electron chi connectivity index (χ0n) is 13.1. The fourth-order valence-corrected chi connectivity index (χ4v) is 5.39. The molecule has 1 unspecified atom stereocenters. The first-order chi connectivity index (χ1) is 11.4. The molecule has 3 rings (SSSR count). The summed E-state index contributed by atoms with van der Waals surface area (Å²) in [6.07, 6.45) is 3.95. The Morgan fingerprint density at radius 1 is 1.17 bits per heavy atom. The quantitative estimate of drug-likeness (QED) is 0.602. The van der Waals surface area contributed by atoms with Crippen LogP contribution in [0.25, 0.3) is 0 Å². The van der Waals surface area contributed by atoms with Crippen LogP contribution in [0.1, 0.15) is 29.2 Å². The van der Waals surface area contributed by atoms with Crippen LogP contribution >= 0.6 is 11.8 Å². The molecule has 0 N–H and O–H groups in total. The first kappa shape index (κ1) is 17.0. The third-order valence-electron chi connectivity index (χ3n) is 4.13. The van der Waals surface area contributed by atoms with Gasteiger partial charge in [-0.25, -0.2) is 8.42 Å². The second-order valence-corrected chi connectivity index (χ2v) is 9.06. The SMILES string of the molecule is CS(=O)(=O)c1cccc(SC2CCCc3ccccc32)c1[N+](=O)[O-]. The lowest BCUT2D eigenvalue weighted by atomic mass is 9.91. The van der Waals surface area contributed by atoms with Crippen LogP contribution in [0.4, 0.5) is 5.69 Å². The average Bonchev–Trinajstić information content (AvgIpc) is 2.54. The predicted octanol–water partition coefficient (Wildman–Crippen LogP) is 4.17. The molecule has 0 saturated heterocycles. The number of nitro benzene ring substituents is 1. The van der Waals surface area contributed by atoms with Crippen LogP contribution in [0.5, 0.6) is 0 Å². The Kier molecular flexibility index (Phi) is 4.64. The molecule has 1 aliphatic rings. The molecule has 0 bridgehead atoms. The minimum atomic E-state index is -3.66. The third-order valence-corrected chi connectivity index (χ3v) is 6.61. The highest BCUT2D eigenvalue weighted by Gasteiger charge is 2.29. The van der Waals surface area contributed by atoms with Gasteiger partial charge in [0.05, 0.1) is 9.82 Å². The molecule has 0 radical (unpaired) electrons. The van der Waals surface area contributed by atoms with Crippen molar-refractivity contribution in [3.05, 3.63) is 63.7 Å². The molecule has 1 atom stereocenters. The lowest BCUT2D eigenvalue weighted by Crippen LogP contribution is -2.08. The molecule has 0 heterocycles. The second kappa shape index (κ2) is 6.57. The van der Waals surface area contributed by atoms with Crippen molar-refractivity contribution in [1.82, 2.24) is 0 Å². The largest absolute Gasteiger partial charge is 0.301 e. The standard InChI is InChI=1S/C17H17NO4S2/c1-24(21,22)16-11-5-10-15(17(16)18(19)20)23-14-9-4-7-12-6-2-3-8-13(12)14/h2-3,5-6,8,10-11,14H,4,7,9H2,1H3. The molecule has 24 heavy (non-hydrogen) atoms. The number of sulfone groups is 1. The van der Waals surface area contributed by atoms with Crippen molar-refractivity contribution >= 4 is 27.3 Å². The number of rotatable bonds is 4. The number of aryl methyl sites for hydroxylation is 1. The monoisotopic (exact) mass is 363 g/mol. The summed E-state index contributed by atoms with van der Waals surface area (Å²) in [7, 11) is -3.66. The van der Waals surface area contributed by atoms with E-state index in [-0.39, 0.29) is 15.8 Å². The summed E-state index contributed by atoms with van der Waals surface area (Å²) in [6.45, 7) is 0. The first-order valence-corrected chi connectivity index (χ1v) is 10.4. The number of para-hydroxylation sites is 1. The number of benzene rings is 2. The van der Waals surface area contributed by atoms with Gasteiger partial charge in [-0.1, -0.05) is 30.3 Å². The van der Waals surface area contributed by atoms with E-state index in [0.717, 1.165) is 25.5 Å². The molecule has 0 aliphatic heterocycles. The van der Waals surface area contributed by atoms with Crippen LogP contribution in [0.3, 0.4) is 0 Å². The van der Waals surface area contributed by atoms with Gasteiger partial charge in [-0.3, -0.25) is 10.1 Å². The van der Waals surface area contributed by atoms with Crippen molar-refractivity contribution in [2.45, 2.75) is 34.3 Å². The maximum Gasteiger partial charge on any atom is 0.301 e. The second-order valence-electron chi connectivity index (χ2n) is 5.83. The maximum atomic E-state index is 11.9. The minimum absolute atomic E-state index is 0.100. The average molecular weight is 363 g/mol. The Labute approximate surface area is 145 Å². The summed E-state index contributed by atoms with van der Waals surface area (Å²) >= 11 is 1.39. The van der Waals surface area contributed by atoms with Crippen LogP contribution in [-0.4, -0.2) is 19.6 Å². The molecule has 0 amide bonds. The summed E-state index contributed by atoms with van der Waals surface area (Å²) in [5.41, 5.74) is 2.14. The lowest BCUT2D eigenvalue weighted by molar-refractivity contribution is -0.390. The Morgan fingerprint density at radius 2 is 1.92 bits per heavy atom. The molecule has 2 aromatic rings. The van der Waals surface area contributed by atoms with Gasteiger partial charge in [0.25, 0.3) is 0 Å². The molecule has 0 fully saturated rings. The molecule has 7 heteroatoms. The van der Waals surface area contributed by atoms with Crippen molar-refractivity contribution in [2.75, 3.05) is 6.26 Å². The van der Waals surface area contributed by atoms with E-state index < -0.39 is 14.8 Å². The fourth-order valence-electron chi connectivity index (χ4n) is 3.06. The molecule has 0 saturated carbocycles. The molecular formula is C17H17NO4S2. The topological polar surface area (TPSA) is 77.3 Å². The summed E-state index contributed by atoms with van der Waals surface area (Å²) in [6, 6.07) is 12.6. The van der Waals surface area contributed by atoms with Crippen molar-refractivity contribution < 1.29 is 13.3 Å². The highest BCUT2D eigenvalue weighted by atomic mass is 32.2. The lowest BCUT2D eigenvalue weighted by Gasteiger charge is -2.25. The fraction of sp³-hybridized carbons (Fsp3) is 0.294. The van der Waals surface area contributed by atoms with Gasteiger partial charge in [0.2, 0.25) is 0 Å². The zero-order valence-corrected chi connectivity index (χ0v) is 14.8. The zero-order chi connectivity index (χ0) is 17.3. The predicted molar refractivity (Wildman–Crippen MR) is 94.2 cm³/mol. The minimum Gasteiger partial charge on any atom is -0.258 e. The van der Waals surface area contributed by atoms with E-state index in [4.69, 9.17) is 0 Å². The Morgan fingerprint density at radius 3 is 2.62 bits per heavy atom. The summed E-state index contributed by atoms with van der Waals surface area (Å²) in [5, 5.41) is 11.6. The van der Waals surface area contributed by atoms with Gasteiger partial charge < -0.3 is 0 Å². The molecule has 1 aliphatic carbocycles. The van der Waals surface area contributed by atoms with Crippen LogP contribution in [-0.2, 0) is 16.3 Å². The van der Waals surface area contributed by atoms with Crippen molar-refractivity contribution in [3.63, 3.8) is 0 Å². The molecule has 126 valence electrons. The van der Waals surface area contributed by atoms with Crippen molar-refractivity contribution in [2.24, 2.45) is 0 Å². The highest BCUT2D eigenvalue weighted by Crippen LogP contribution is 2.47. The van der Waals surface area contributed by atoms with E-state index in [9.17, 15) is 18.5 Å². The van der Waals surface area contributed by atoms with E-state index in [2.05, 4.69) is 12.1 Å². The number of nitro groups is 1. The van der Waals surface area contributed by atoms with E-state index in [1.54, 1.807) is 12.1 Å². The summed E-state index contributed by atoms with van der Waals surface area (Å²) < 4.78 is 23.8. The number of fused-ring (bicyclic) bond motifs is 1. The van der Waals surface area contributed by atoms with Crippen LogP contribution < -0.4 is 0 Å².